The Hall–Kier alpha value is -3.01. The van der Waals surface area contributed by atoms with Crippen LogP contribution >= 0.6 is 0 Å². The molecule has 28 heavy (non-hydrogen) atoms. The largest absolute Gasteiger partial charge is 0.449 e. The summed E-state index contributed by atoms with van der Waals surface area (Å²) in [5.41, 5.74) is 0.555. The lowest BCUT2D eigenvalue weighted by atomic mass is 10.2. The molecule has 1 N–H and O–H groups in total. The molecular formula is C18H18FN3O5S. The standard InChI is InChI=1S/C18H18FN3O5S/c1-2-15(17(23)20-14-6-4-13(19)5-7-14)27-18(24)12-3-8-16-21-28(25,26)10-9-22(16)11-12/h3-8,11,15H,2,9-10H2,1H3,(H,20,23). The average Bonchev–Trinajstić information content (AvgIpc) is 2.66. The Labute approximate surface area is 161 Å². The number of sulfonamides is 1. The van der Waals surface area contributed by atoms with Gasteiger partial charge in [0.05, 0.1) is 11.3 Å². The van der Waals surface area contributed by atoms with Crippen LogP contribution in [-0.4, -0.2) is 49.4 Å². The molecule has 10 heteroatoms. The predicted octanol–water partition coefficient (Wildman–Crippen LogP) is 1.58. The van der Waals surface area contributed by atoms with Crippen LogP contribution in [0.5, 0.6) is 0 Å². The molecule has 1 atom stereocenters. The van der Waals surface area contributed by atoms with Crippen LogP contribution in [-0.2, 0) is 24.3 Å². The van der Waals surface area contributed by atoms with Crippen molar-refractivity contribution in [3.63, 3.8) is 0 Å². The molecule has 2 aliphatic rings. The van der Waals surface area contributed by atoms with E-state index in [1.807, 2.05) is 0 Å². The summed E-state index contributed by atoms with van der Waals surface area (Å²) in [5, 5.41) is 2.57. The number of carbonyl (C=O) groups excluding carboxylic acids is 2. The molecular weight excluding hydrogens is 389 g/mol. The third-order valence-electron chi connectivity index (χ3n) is 4.08. The molecule has 1 amide bonds. The number of hydrogen-bond donors (Lipinski definition) is 1. The predicted molar refractivity (Wildman–Crippen MR) is 100 cm³/mol. The van der Waals surface area contributed by atoms with Crippen LogP contribution in [0.2, 0.25) is 0 Å². The van der Waals surface area contributed by atoms with Gasteiger partial charge in [-0.3, -0.25) is 4.79 Å². The molecule has 1 aromatic carbocycles. The lowest BCUT2D eigenvalue weighted by Gasteiger charge is -2.27. The van der Waals surface area contributed by atoms with Gasteiger partial charge in [-0.15, -0.1) is 4.40 Å². The highest BCUT2D eigenvalue weighted by atomic mass is 32.2. The molecule has 0 saturated carbocycles. The van der Waals surface area contributed by atoms with Gasteiger partial charge in [-0.05, 0) is 42.8 Å². The normalized spacial score (nSPS) is 18.4. The second kappa shape index (κ2) is 7.93. The molecule has 8 nitrogen and oxygen atoms in total. The maximum Gasteiger partial charge on any atom is 0.340 e. The Balaban J connectivity index is 1.66. The van der Waals surface area contributed by atoms with E-state index in [-0.39, 0.29) is 30.1 Å². The van der Waals surface area contributed by atoms with E-state index < -0.39 is 33.8 Å². The van der Waals surface area contributed by atoms with Crippen LogP contribution in [0.25, 0.3) is 0 Å². The highest BCUT2D eigenvalue weighted by molar-refractivity contribution is 7.90. The zero-order chi connectivity index (χ0) is 20.3. The third-order valence-corrected chi connectivity index (χ3v) is 5.25. The van der Waals surface area contributed by atoms with E-state index >= 15 is 0 Å². The Morgan fingerprint density at radius 1 is 1.29 bits per heavy atom. The van der Waals surface area contributed by atoms with Crippen LogP contribution in [0.1, 0.15) is 13.3 Å². The number of fused-ring (bicyclic) bond motifs is 1. The van der Waals surface area contributed by atoms with Gasteiger partial charge in [0.2, 0.25) is 0 Å². The van der Waals surface area contributed by atoms with Crippen molar-refractivity contribution < 1.29 is 27.1 Å². The molecule has 0 fully saturated rings. The maximum absolute atomic E-state index is 12.9. The topological polar surface area (TPSA) is 105 Å². The van der Waals surface area contributed by atoms with Gasteiger partial charge in [0.15, 0.2) is 6.10 Å². The van der Waals surface area contributed by atoms with Crippen LogP contribution in [0.3, 0.4) is 0 Å². The Morgan fingerprint density at radius 2 is 2.00 bits per heavy atom. The molecule has 0 aliphatic carbocycles. The van der Waals surface area contributed by atoms with Crippen LogP contribution in [0, 0.1) is 5.82 Å². The lowest BCUT2D eigenvalue weighted by Crippen LogP contribution is -2.38. The second-order valence-corrected chi connectivity index (χ2v) is 7.90. The second-order valence-electron chi connectivity index (χ2n) is 6.15. The first-order valence-corrected chi connectivity index (χ1v) is 10.1. The number of benzene rings is 1. The smallest absolute Gasteiger partial charge is 0.340 e. The molecule has 2 aliphatic heterocycles. The van der Waals surface area contributed by atoms with Crippen LogP contribution in [0.4, 0.5) is 10.1 Å². The van der Waals surface area contributed by atoms with E-state index in [1.165, 1.54) is 47.5 Å². The molecule has 2 heterocycles. The summed E-state index contributed by atoms with van der Waals surface area (Å²) in [6.07, 6.45) is 3.45. The van der Waals surface area contributed by atoms with Gasteiger partial charge in [-0.25, -0.2) is 17.6 Å². The molecule has 0 aromatic heterocycles. The van der Waals surface area contributed by atoms with Gasteiger partial charge in [0, 0.05) is 18.4 Å². The van der Waals surface area contributed by atoms with Crippen LogP contribution in [0.15, 0.2) is 52.6 Å². The molecule has 0 saturated heterocycles. The van der Waals surface area contributed by atoms with Gasteiger partial charge in [0.1, 0.15) is 11.7 Å². The Morgan fingerprint density at radius 3 is 2.68 bits per heavy atom. The number of esters is 1. The number of hydrogen-bond acceptors (Lipinski definition) is 6. The average molecular weight is 407 g/mol. The quantitative estimate of drug-likeness (QED) is 0.743. The number of rotatable bonds is 5. The first-order chi connectivity index (χ1) is 13.3. The van der Waals surface area contributed by atoms with Gasteiger partial charge >= 0.3 is 5.97 Å². The van der Waals surface area contributed by atoms with Crippen molar-refractivity contribution >= 4 is 33.4 Å². The number of amides is 1. The molecule has 148 valence electrons. The SMILES string of the molecule is CCC(OC(=O)C1=CN2CCS(=O)(=O)N=C2C=C1)C(=O)Nc1ccc(F)cc1. The van der Waals surface area contributed by atoms with Gasteiger partial charge < -0.3 is 15.0 Å². The van der Waals surface area contributed by atoms with E-state index in [0.29, 0.717) is 5.69 Å². The van der Waals surface area contributed by atoms with E-state index in [1.54, 1.807) is 6.92 Å². The van der Waals surface area contributed by atoms with Crippen molar-refractivity contribution in [2.75, 3.05) is 17.6 Å². The minimum absolute atomic E-state index is 0.152. The van der Waals surface area contributed by atoms with Crippen molar-refractivity contribution in [3.8, 4) is 0 Å². The monoisotopic (exact) mass is 407 g/mol. The lowest BCUT2D eigenvalue weighted by molar-refractivity contribution is -0.150. The summed E-state index contributed by atoms with van der Waals surface area (Å²) in [6, 6.07) is 5.22. The molecule has 1 unspecified atom stereocenters. The number of amidine groups is 1. The van der Waals surface area contributed by atoms with Crippen molar-refractivity contribution in [2.45, 2.75) is 19.4 Å². The summed E-state index contributed by atoms with van der Waals surface area (Å²) in [7, 11) is -3.48. The van der Waals surface area contributed by atoms with Crippen molar-refractivity contribution in [1.82, 2.24) is 4.90 Å². The van der Waals surface area contributed by atoms with Crippen molar-refractivity contribution in [1.29, 1.82) is 0 Å². The fraction of sp³-hybridized carbons (Fsp3) is 0.278. The minimum atomic E-state index is -3.48. The summed E-state index contributed by atoms with van der Waals surface area (Å²) in [4.78, 5) is 26.3. The molecule has 3 rings (SSSR count). The highest BCUT2D eigenvalue weighted by Gasteiger charge is 2.27. The van der Waals surface area contributed by atoms with E-state index in [2.05, 4.69) is 9.71 Å². The summed E-state index contributed by atoms with van der Waals surface area (Å²) >= 11 is 0. The fourth-order valence-electron chi connectivity index (χ4n) is 2.60. The summed E-state index contributed by atoms with van der Waals surface area (Å²) in [5.74, 6) is -1.61. The van der Waals surface area contributed by atoms with Gasteiger partial charge in [-0.2, -0.15) is 0 Å². The van der Waals surface area contributed by atoms with E-state index in [0.717, 1.165) is 0 Å². The Bertz CT molecular complexity index is 983. The number of nitrogens with one attached hydrogen (secondary N) is 1. The highest BCUT2D eigenvalue weighted by Crippen LogP contribution is 2.18. The molecule has 0 radical (unpaired) electrons. The fourth-order valence-corrected chi connectivity index (χ4v) is 3.57. The van der Waals surface area contributed by atoms with E-state index in [9.17, 15) is 22.4 Å². The summed E-state index contributed by atoms with van der Waals surface area (Å²) in [6.45, 7) is 1.86. The van der Waals surface area contributed by atoms with Gasteiger partial charge in [0.25, 0.3) is 15.9 Å². The number of halogens is 1. The third kappa shape index (κ3) is 4.63. The number of anilines is 1. The number of nitrogens with zero attached hydrogens (tertiary/aromatic N) is 2. The zero-order valence-electron chi connectivity index (χ0n) is 15.0. The van der Waals surface area contributed by atoms with Crippen molar-refractivity contribution in [2.24, 2.45) is 4.40 Å². The first kappa shape index (κ1) is 19.7. The zero-order valence-corrected chi connectivity index (χ0v) is 15.8. The van der Waals surface area contributed by atoms with E-state index in [4.69, 9.17) is 4.74 Å². The first-order valence-electron chi connectivity index (χ1n) is 8.54. The summed E-state index contributed by atoms with van der Waals surface area (Å²) < 4.78 is 44.9. The number of carbonyl (C=O) groups is 2. The maximum atomic E-state index is 12.9. The molecule has 0 spiro atoms. The Kier molecular flexibility index (Phi) is 5.59. The molecule has 0 bridgehead atoms. The number of ether oxygens (including phenoxy) is 1. The molecule has 1 aromatic rings. The van der Waals surface area contributed by atoms with Crippen LogP contribution < -0.4 is 5.32 Å². The minimum Gasteiger partial charge on any atom is -0.449 e. The van der Waals surface area contributed by atoms with Crippen molar-refractivity contribution in [3.05, 3.63) is 54.0 Å². The van der Waals surface area contributed by atoms with Gasteiger partial charge in [-0.1, -0.05) is 6.92 Å².